The third kappa shape index (κ3) is 4.62. The lowest BCUT2D eigenvalue weighted by Gasteiger charge is -2.21. The molecule has 5 rings (SSSR count). The number of carbonyl (C=O) groups is 2. The van der Waals surface area contributed by atoms with Crippen LogP contribution in [0.15, 0.2) is 53.5 Å². The molecule has 1 aliphatic carbocycles. The lowest BCUT2D eigenvalue weighted by Crippen LogP contribution is -2.35. The lowest BCUT2D eigenvalue weighted by molar-refractivity contribution is -0.123. The largest absolute Gasteiger partial charge is 0.347 e. The number of carbonyl (C=O) groups excluding carboxylic acids is 2. The van der Waals surface area contributed by atoms with Gasteiger partial charge in [-0.05, 0) is 85.2 Å². The summed E-state index contributed by atoms with van der Waals surface area (Å²) < 4.78 is 15.8. The molecule has 3 heterocycles. The molecule has 1 atom stereocenters. The Morgan fingerprint density at radius 3 is 2.68 bits per heavy atom. The van der Waals surface area contributed by atoms with E-state index in [2.05, 4.69) is 16.4 Å². The normalized spacial score (nSPS) is 19.1. The van der Waals surface area contributed by atoms with E-state index < -0.39 is 17.1 Å². The lowest BCUT2D eigenvalue weighted by atomic mass is 9.83. The van der Waals surface area contributed by atoms with Gasteiger partial charge in [0.2, 0.25) is 5.91 Å². The molecule has 1 aromatic carbocycles. The second kappa shape index (κ2) is 9.28. The number of nitrogens with one attached hydrogen (secondary N) is 1. The van der Waals surface area contributed by atoms with Crippen molar-refractivity contribution in [2.75, 3.05) is 11.4 Å². The van der Waals surface area contributed by atoms with E-state index in [0.717, 1.165) is 12.8 Å². The molecule has 8 nitrogen and oxygen atoms in total. The molecular weight excluding hydrogens is 473 g/mol. The quantitative estimate of drug-likeness (QED) is 0.559. The van der Waals surface area contributed by atoms with Crippen LogP contribution in [0.5, 0.6) is 0 Å². The number of nitriles is 1. The Kier molecular flexibility index (Phi) is 6.12. The fraction of sp³-hybridized carbons (Fsp3) is 0.321. The Morgan fingerprint density at radius 2 is 1.97 bits per heavy atom. The fourth-order valence-electron chi connectivity index (χ4n) is 4.98. The molecule has 37 heavy (non-hydrogen) atoms. The highest BCUT2D eigenvalue weighted by molar-refractivity contribution is 6.03. The summed E-state index contributed by atoms with van der Waals surface area (Å²) in [6, 6.07) is 13.1. The minimum atomic E-state index is -0.975. The molecule has 1 aliphatic heterocycles. The average molecular weight is 500 g/mol. The number of nitrogens with zero attached hydrogens (tertiary/aromatic N) is 4. The molecule has 0 bridgehead atoms. The fourth-order valence-corrected chi connectivity index (χ4v) is 4.98. The smallest absolute Gasteiger partial charge is 0.270 e. The van der Waals surface area contributed by atoms with Gasteiger partial charge in [0.25, 0.3) is 11.5 Å². The van der Waals surface area contributed by atoms with Crippen LogP contribution in [-0.4, -0.2) is 27.9 Å². The number of amides is 2. The summed E-state index contributed by atoms with van der Waals surface area (Å²) in [6.45, 7) is 2.20. The molecule has 2 amide bonds. The van der Waals surface area contributed by atoms with E-state index in [1.54, 1.807) is 49.3 Å². The number of anilines is 1. The van der Waals surface area contributed by atoms with Gasteiger partial charge in [-0.15, -0.1) is 0 Å². The number of halogens is 1. The SMILES string of the molecule is Cc1cc(N2CC[C@@](C#N)(C3CC3)C2=O)cc(C(=O)NCc2cc(F)cc(-c3ccn(C)c(=O)c3)c2)n1. The Hall–Kier alpha value is -4.32. The summed E-state index contributed by atoms with van der Waals surface area (Å²) in [6.07, 6.45) is 3.87. The zero-order valence-electron chi connectivity index (χ0n) is 20.6. The van der Waals surface area contributed by atoms with Crippen LogP contribution in [0.25, 0.3) is 11.1 Å². The molecule has 0 unspecified atom stereocenters. The molecular formula is C28H26FN5O3. The number of rotatable bonds is 6. The molecule has 2 aromatic heterocycles. The molecule has 1 saturated carbocycles. The van der Waals surface area contributed by atoms with Crippen LogP contribution in [0.1, 0.15) is 41.0 Å². The van der Waals surface area contributed by atoms with Gasteiger partial charge in [0.05, 0.1) is 6.07 Å². The van der Waals surface area contributed by atoms with E-state index in [0.29, 0.717) is 41.0 Å². The molecule has 1 saturated heterocycles. The third-order valence-corrected chi connectivity index (χ3v) is 7.16. The first-order valence-corrected chi connectivity index (χ1v) is 12.2. The number of hydrogen-bond donors (Lipinski definition) is 1. The van der Waals surface area contributed by atoms with Gasteiger partial charge in [0, 0.05) is 43.8 Å². The molecule has 0 radical (unpaired) electrons. The summed E-state index contributed by atoms with van der Waals surface area (Å²) in [4.78, 5) is 44.0. The van der Waals surface area contributed by atoms with E-state index in [1.807, 2.05) is 0 Å². The van der Waals surface area contributed by atoms with Crippen molar-refractivity contribution in [1.82, 2.24) is 14.9 Å². The predicted octanol–water partition coefficient (Wildman–Crippen LogP) is 3.48. The monoisotopic (exact) mass is 499 g/mol. The Bertz CT molecular complexity index is 1520. The van der Waals surface area contributed by atoms with Gasteiger partial charge < -0.3 is 14.8 Å². The summed E-state index contributed by atoms with van der Waals surface area (Å²) >= 11 is 0. The Labute approximate surface area is 213 Å². The third-order valence-electron chi connectivity index (χ3n) is 7.16. The average Bonchev–Trinajstić information content (AvgIpc) is 3.67. The predicted molar refractivity (Wildman–Crippen MR) is 135 cm³/mol. The summed E-state index contributed by atoms with van der Waals surface area (Å²) in [5.41, 5.74) is 1.68. The van der Waals surface area contributed by atoms with E-state index in [1.165, 1.54) is 22.8 Å². The van der Waals surface area contributed by atoms with Gasteiger partial charge in [0.1, 0.15) is 16.9 Å². The van der Waals surface area contributed by atoms with E-state index in [-0.39, 0.29) is 29.6 Å². The zero-order valence-corrected chi connectivity index (χ0v) is 20.6. The molecule has 9 heteroatoms. The van der Waals surface area contributed by atoms with Crippen LogP contribution in [0, 0.1) is 35.4 Å². The van der Waals surface area contributed by atoms with Gasteiger partial charge in [0.15, 0.2) is 0 Å². The maximum absolute atomic E-state index is 14.3. The van der Waals surface area contributed by atoms with Crippen molar-refractivity contribution >= 4 is 17.5 Å². The first-order chi connectivity index (χ1) is 17.7. The molecule has 3 aromatic rings. The minimum Gasteiger partial charge on any atom is -0.347 e. The van der Waals surface area contributed by atoms with E-state index in [4.69, 9.17) is 0 Å². The van der Waals surface area contributed by atoms with Gasteiger partial charge >= 0.3 is 0 Å². The number of aromatic nitrogens is 2. The number of pyridine rings is 2. The van der Waals surface area contributed by atoms with E-state index >= 15 is 0 Å². The van der Waals surface area contributed by atoms with Crippen molar-refractivity contribution in [1.29, 1.82) is 5.26 Å². The first-order valence-electron chi connectivity index (χ1n) is 12.2. The molecule has 188 valence electrons. The Morgan fingerprint density at radius 1 is 1.19 bits per heavy atom. The first kappa shape index (κ1) is 24.4. The minimum absolute atomic E-state index is 0.0429. The highest BCUT2D eigenvalue weighted by Crippen LogP contribution is 2.51. The van der Waals surface area contributed by atoms with Gasteiger partial charge in [-0.3, -0.25) is 14.4 Å². The second-order valence-electron chi connectivity index (χ2n) is 9.81. The van der Waals surface area contributed by atoms with Crippen molar-refractivity contribution in [3.63, 3.8) is 0 Å². The van der Waals surface area contributed by atoms with Crippen LogP contribution in [0.2, 0.25) is 0 Å². The zero-order chi connectivity index (χ0) is 26.3. The maximum atomic E-state index is 14.3. The molecule has 2 fully saturated rings. The van der Waals surface area contributed by atoms with Crippen LogP contribution < -0.4 is 15.8 Å². The summed E-state index contributed by atoms with van der Waals surface area (Å²) in [7, 11) is 1.63. The van der Waals surface area contributed by atoms with Crippen molar-refractivity contribution in [3.05, 3.63) is 81.8 Å². The number of hydrogen-bond acceptors (Lipinski definition) is 5. The van der Waals surface area contributed by atoms with Crippen LogP contribution in [0.3, 0.4) is 0 Å². The Balaban J connectivity index is 1.33. The second-order valence-corrected chi connectivity index (χ2v) is 9.81. The number of aryl methyl sites for hydroxylation is 2. The molecule has 0 spiro atoms. The van der Waals surface area contributed by atoms with Gasteiger partial charge in [-0.2, -0.15) is 5.26 Å². The van der Waals surface area contributed by atoms with Crippen LogP contribution in [-0.2, 0) is 18.4 Å². The summed E-state index contributed by atoms with van der Waals surface area (Å²) in [5.74, 6) is -1.06. The molecule has 1 N–H and O–H groups in total. The van der Waals surface area contributed by atoms with Crippen molar-refractivity contribution in [2.45, 2.75) is 32.7 Å². The van der Waals surface area contributed by atoms with Crippen LogP contribution >= 0.6 is 0 Å². The number of benzene rings is 1. The van der Waals surface area contributed by atoms with Crippen molar-refractivity contribution in [2.24, 2.45) is 18.4 Å². The van der Waals surface area contributed by atoms with Gasteiger partial charge in [-0.1, -0.05) is 0 Å². The van der Waals surface area contributed by atoms with Crippen molar-refractivity contribution < 1.29 is 14.0 Å². The summed E-state index contributed by atoms with van der Waals surface area (Å²) in [5, 5.41) is 12.5. The van der Waals surface area contributed by atoms with Crippen LogP contribution in [0.4, 0.5) is 10.1 Å². The molecule has 2 aliphatic rings. The topological polar surface area (TPSA) is 108 Å². The van der Waals surface area contributed by atoms with E-state index in [9.17, 15) is 24.0 Å². The maximum Gasteiger partial charge on any atom is 0.270 e. The standard InChI is InChI=1S/C28H26FN5O3/c1-17-9-23(34-8-6-28(16-30,27(34)37)21-3-4-21)14-24(32-17)26(36)31-15-18-10-20(12-22(29)11-18)19-5-7-33(2)25(35)13-19/h5,7,9-14,21H,3-4,6,8,15H2,1-2H3,(H,31,36)/t28-/m1/s1. The highest BCUT2D eigenvalue weighted by atomic mass is 19.1. The highest BCUT2D eigenvalue weighted by Gasteiger charge is 2.56. The van der Waals surface area contributed by atoms with Crippen molar-refractivity contribution in [3.8, 4) is 17.2 Å². The van der Waals surface area contributed by atoms with Gasteiger partial charge in [-0.25, -0.2) is 9.37 Å².